The highest BCUT2D eigenvalue weighted by Crippen LogP contribution is 2.20. The third-order valence-electron chi connectivity index (χ3n) is 3.55. The van der Waals surface area contributed by atoms with Crippen LogP contribution in [0.25, 0.3) is 0 Å². The van der Waals surface area contributed by atoms with Crippen molar-refractivity contribution >= 4 is 28.4 Å². The Bertz CT molecular complexity index is 386. The summed E-state index contributed by atoms with van der Waals surface area (Å²) in [6.07, 6.45) is 1.35. The first-order valence-corrected chi connectivity index (χ1v) is 6.93. The number of carbonyl (C=O) groups excluding carboxylic acids is 1. The number of ketones is 1. The zero-order chi connectivity index (χ0) is 13.1. The van der Waals surface area contributed by atoms with Gasteiger partial charge in [-0.2, -0.15) is 0 Å². The zero-order valence-electron chi connectivity index (χ0n) is 11.0. The lowest BCUT2D eigenvalue weighted by Gasteiger charge is -2.34. The molecule has 3 heteroatoms. The SMILES string of the molecule is CCC(C)(C(=O)Cc1ccc(I)cc1)N(C)C. The quantitative estimate of drug-likeness (QED) is 0.765. The largest absolute Gasteiger partial charge is 0.297 e. The number of halogens is 1. The molecular weight excluding hydrogens is 325 g/mol. The van der Waals surface area contributed by atoms with E-state index in [0.29, 0.717) is 6.42 Å². The highest BCUT2D eigenvalue weighted by Gasteiger charge is 2.32. The maximum absolute atomic E-state index is 12.3. The summed E-state index contributed by atoms with van der Waals surface area (Å²) >= 11 is 2.27. The summed E-state index contributed by atoms with van der Waals surface area (Å²) in [4.78, 5) is 14.4. The molecule has 0 spiro atoms. The van der Waals surface area contributed by atoms with Crippen LogP contribution in [0.1, 0.15) is 25.8 Å². The lowest BCUT2D eigenvalue weighted by atomic mass is 9.88. The lowest BCUT2D eigenvalue weighted by Crippen LogP contribution is -2.48. The van der Waals surface area contributed by atoms with E-state index in [0.717, 1.165) is 12.0 Å². The van der Waals surface area contributed by atoms with Gasteiger partial charge < -0.3 is 0 Å². The Morgan fingerprint density at radius 2 is 1.82 bits per heavy atom. The van der Waals surface area contributed by atoms with Gasteiger partial charge in [-0.3, -0.25) is 9.69 Å². The second kappa shape index (κ2) is 5.96. The molecule has 2 nitrogen and oxygen atoms in total. The van der Waals surface area contributed by atoms with Gasteiger partial charge in [0.05, 0.1) is 5.54 Å². The Labute approximate surface area is 118 Å². The van der Waals surface area contributed by atoms with Crippen LogP contribution in [-0.2, 0) is 11.2 Å². The van der Waals surface area contributed by atoms with Gasteiger partial charge in [0.15, 0.2) is 5.78 Å². The van der Waals surface area contributed by atoms with E-state index < -0.39 is 0 Å². The predicted octanol–water partition coefficient (Wildman–Crippen LogP) is 3.13. The zero-order valence-corrected chi connectivity index (χ0v) is 13.1. The van der Waals surface area contributed by atoms with Crippen LogP contribution in [0.15, 0.2) is 24.3 Å². The smallest absolute Gasteiger partial charge is 0.157 e. The van der Waals surface area contributed by atoms with E-state index in [1.54, 1.807) is 0 Å². The summed E-state index contributed by atoms with van der Waals surface area (Å²) in [6, 6.07) is 8.15. The van der Waals surface area contributed by atoms with Gasteiger partial charge in [-0.15, -0.1) is 0 Å². The van der Waals surface area contributed by atoms with Crippen molar-refractivity contribution in [3.05, 3.63) is 33.4 Å². The van der Waals surface area contributed by atoms with Gasteiger partial charge in [0.25, 0.3) is 0 Å². The first-order chi connectivity index (χ1) is 7.90. The Morgan fingerprint density at radius 3 is 2.24 bits per heavy atom. The fourth-order valence-corrected chi connectivity index (χ4v) is 2.10. The van der Waals surface area contributed by atoms with Crippen LogP contribution in [0.3, 0.4) is 0 Å². The monoisotopic (exact) mass is 345 g/mol. The van der Waals surface area contributed by atoms with Crippen molar-refractivity contribution in [1.82, 2.24) is 4.90 Å². The van der Waals surface area contributed by atoms with Crippen molar-refractivity contribution in [2.75, 3.05) is 14.1 Å². The maximum Gasteiger partial charge on any atom is 0.157 e. The Morgan fingerprint density at radius 1 is 1.29 bits per heavy atom. The molecular formula is C14H20INO. The van der Waals surface area contributed by atoms with Gasteiger partial charge in [0, 0.05) is 9.99 Å². The molecule has 0 aliphatic heterocycles. The molecule has 0 radical (unpaired) electrons. The Kier molecular flexibility index (Phi) is 5.13. The van der Waals surface area contributed by atoms with E-state index >= 15 is 0 Å². The van der Waals surface area contributed by atoms with E-state index in [4.69, 9.17) is 0 Å². The van der Waals surface area contributed by atoms with Gasteiger partial charge in [0.1, 0.15) is 0 Å². The van der Waals surface area contributed by atoms with Crippen molar-refractivity contribution in [2.45, 2.75) is 32.2 Å². The van der Waals surface area contributed by atoms with Crippen molar-refractivity contribution in [3.63, 3.8) is 0 Å². The minimum atomic E-state index is -0.358. The number of benzene rings is 1. The van der Waals surface area contributed by atoms with Gasteiger partial charge in [-0.05, 0) is 67.7 Å². The topological polar surface area (TPSA) is 20.3 Å². The minimum absolute atomic E-state index is 0.284. The molecule has 0 N–H and O–H groups in total. The molecule has 0 aliphatic rings. The van der Waals surface area contributed by atoms with Crippen LogP contribution in [0, 0.1) is 3.57 Å². The second-order valence-corrected chi connectivity index (χ2v) is 5.99. The molecule has 1 aromatic carbocycles. The highest BCUT2D eigenvalue weighted by atomic mass is 127. The van der Waals surface area contributed by atoms with Crippen molar-refractivity contribution in [3.8, 4) is 0 Å². The Balaban J connectivity index is 2.81. The number of nitrogens with zero attached hydrogens (tertiary/aromatic N) is 1. The number of rotatable bonds is 5. The second-order valence-electron chi connectivity index (χ2n) is 4.75. The molecule has 0 amide bonds. The summed E-state index contributed by atoms with van der Waals surface area (Å²) in [5.41, 5.74) is 0.736. The number of hydrogen-bond donors (Lipinski definition) is 0. The molecule has 1 atom stereocenters. The molecule has 1 unspecified atom stereocenters. The molecule has 0 bridgehead atoms. The molecule has 1 rings (SSSR count). The van der Waals surface area contributed by atoms with Crippen LogP contribution in [0.2, 0.25) is 0 Å². The van der Waals surface area contributed by atoms with Crippen LogP contribution in [0.4, 0.5) is 0 Å². The molecule has 1 aromatic rings. The summed E-state index contributed by atoms with van der Waals surface area (Å²) in [6.45, 7) is 4.08. The summed E-state index contributed by atoms with van der Waals surface area (Å²) in [5.74, 6) is 0.284. The normalized spacial score (nSPS) is 14.7. The van der Waals surface area contributed by atoms with Crippen LogP contribution < -0.4 is 0 Å². The first-order valence-electron chi connectivity index (χ1n) is 5.85. The standard InChI is InChI=1S/C14H20INO/c1-5-14(2,16(3)4)13(17)10-11-6-8-12(15)9-7-11/h6-9H,5,10H2,1-4H3. The number of likely N-dealkylation sites (N-methyl/N-ethyl adjacent to an activating group) is 1. The summed E-state index contributed by atoms with van der Waals surface area (Å²) < 4.78 is 1.20. The van der Waals surface area contributed by atoms with Crippen LogP contribution in [-0.4, -0.2) is 30.3 Å². The average molecular weight is 345 g/mol. The number of hydrogen-bond acceptors (Lipinski definition) is 2. The Hall–Kier alpha value is -0.420. The summed E-state index contributed by atoms with van der Waals surface area (Å²) in [5, 5.41) is 0. The van der Waals surface area contributed by atoms with Crippen molar-refractivity contribution in [2.24, 2.45) is 0 Å². The van der Waals surface area contributed by atoms with Gasteiger partial charge in [-0.25, -0.2) is 0 Å². The average Bonchev–Trinajstić information content (AvgIpc) is 2.30. The summed E-state index contributed by atoms with van der Waals surface area (Å²) in [7, 11) is 3.94. The van der Waals surface area contributed by atoms with E-state index in [-0.39, 0.29) is 11.3 Å². The van der Waals surface area contributed by atoms with Gasteiger partial charge >= 0.3 is 0 Å². The van der Waals surface area contributed by atoms with E-state index in [1.165, 1.54) is 3.57 Å². The molecule has 94 valence electrons. The fourth-order valence-electron chi connectivity index (χ4n) is 1.74. The van der Waals surface area contributed by atoms with E-state index in [9.17, 15) is 4.79 Å². The molecule has 0 fully saturated rings. The lowest BCUT2D eigenvalue weighted by molar-refractivity contribution is -0.128. The predicted molar refractivity (Wildman–Crippen MR) is 80.3 cm³/mol. The van der Waals surface area contributed by atoms with Crippen LogP contribution >= 0.6 is 22.6 Å². The van der Waals surface area contributed by atoms with E-state index in [2.05, 4.69) is 29.5 Å². The number of Topliss-reactive ketones (excluding diaryl/α,β-unsaturated/α-hetero) is 1. The molecule has 0 aliphatic carbocycles. The third kappa shape index (κ3) is 3.52. The molecule has 0 heterocycles. The first kappa shape index (κ1) is 14.6. The minimum Gasteiger partial charge on any atom is -0.297 e. The maximum atomic E-state index is 12.3. The molecule has 0 saturated heterocycles. The van der Waals surface area contributed by atoms with Gasteiger partial charge in [-0.1, -0.05) is 19.1 Å². The fraction of sp³-hybridized carbons (Fsp3) is 0.500. The van der Waals surface area contributed by atoms with Crippen LogP contribution in [0.5, 0.6) is 0 Å². The third-order valence-corrected chi connectivity index (χ3v) is 4.27. The molecule has 0 saturated carbocycles. The molecule has 0 aromatic heterocycles. The highest BCUT2D eigenvalue weighted by molar-refractivity contribution is 14.1. The number of carbonyl (C=O) groups is 1. The van der Waals surface area contributed by atoms with Gasteiger partial charge in [0.2, 0.25) is 0 Å². The van der Waals surface area contributed by atoms with Crippen molar-refractivity contribution in [1.29, 1.82) is 0 Å². The van der Waals surface area contributed by atoms with Crippen molar-refractivity contribution < 1.29 is 4.79 Å². The molecule has 17 heavy (non-hydrogen) atoms. The van der Waals surface area contributed by atoms with E-state index in [1.807, 2.05) is 50.2 Å².